The number of rotatable bonds is 5. The summed E-state index contributed by atoms with van der Waals surface area (Å²) in [7, 11) is 0. The molecule has 0 N–H and O–H groups in total. The number of carbonyl (C=O) groups is 1. The lowest BCUT2D eigenvalue weighted by molar-refractivity contribution is -0.140. The number of ether oxygens (including phenoxy) is 1. The molecule has 6 heteroatoms. The second kappa shape index (κ2) is 6.74. The number of aromatic nitrogens is 3. The number of hydrogen-bond acceptors (Lipinski definition) is 5. The van der Waals surface area contributed by atoms with E-state index in [1.807, 2.05) is 19.1 Å². The number of carbonyl (C=O) groups excluding carboxylic acids is 1. The predicted molar refractivity (Wildman–Crippen MR) is 90.3 cm³/mol. The van der Waals surface area contributed by atoms with Crippen molar-refractivity contribution in [2.45, 2.75) is 56.7 Å². The van der Waals surface area contributed by atoms with Gasteiger partial charge in [0.15, 0.2) is 11.0 Å². The second-order valence-corrected chi connectivity index (χ2v) is 7.09. The molecule has 2 atom stereocenters. The Kier molecular flexibility index (Phi) is 4.71. The molecule has 1 aliphatic heterocycles. The summed E-state index contributed by atoms with van der Waals surface area (Å²) in [5, 5.41) is 9.31. The van der Waals surface area contributed by atoms with Crippen molar-refractivity contribution in [3.05, 3.63) is 29.8 Å². The topological polar surface area (TPSA) is 57.0 Å². The lowest BCUT2D eigenvalue weighted by Crippen LogP contribution is -2.11. The first kappa shape index (κ1) is 16.1. The number of esters is 1. The fourth-order valence-electron chi connectivity index (χ4n) is 2.74. The van der Waals surface area contributed by atoms with E-state index in [1.54, 1.807) is 0 Å². The van der Waals surface area contributed by atoms with E-state index < -0.39 is 0 Å². The van der Waals surface area contributed by atoms with Gasteiger partial charge >= 0.3 is 5.97 Å². The molecule has 1 aliphatic rings. The average Bonchev–Trinajstić information content (AvgIpc) is 3.04. The lowest BCUT2D eigenvalue weighted by Gasteiger charge is -2.10. The van der Waals surface area contributed by atoms with E-state index in [-0.39, 0.29) is 17.3 Å². The molecule has 1 fully saturated rings. The maximum absolute atomic E-state index is 11.9. The third kappa shape index (κ3) is 3.42. The highest BCUT2D eigenvalue weighted by Crippen LogP contribution is 2.33. The first-order valence-electron chi connectivity index (χ1n) is 7.96. The van der Waals surface area contributed by atoms with E-state index in [0.717, 1.165) is 35.9 Å². The fraction of sp³-hybridized carbons (Fsp3) is 0.471. The minimum atomic E-state index is -0.185. The predicted octanol–water partition coefficient (Wildman–Crippen LogP) is 3.46. The molecule has 23 heavy (non-hydrogen) atoms. The van der Waals surface area contributed by atoms with Crippen LogP contribution in [-0.2, 0) is 16.1 Å². The van der Waals surface area contributed by atoms with Crippen LogP contribution in [0.3, 0.4) is 0 Å². The largest absolute Gasteiger partial charge is 0.462 e. The molecule has 0 amide bonds. The van der Waals surface area contributed by atoms with Gasteiger partial charge in [-0.1, -0.05) is 42.4 Å². The van der Waals surface area contributed by atoms with Gasteiger partial charge in [-0.25, -0.2) is 0 Å². The molecule has 0 radical (unpaired) electrons. The molecule has 0 spiro atoms. The van der Waals surface area contributed by atoms with Crippen LogP contribution in [0.15, 0.2) is 29.4 Å². The molecule has 0 aliphatic carbocycles. The number of benzene rings is 1. The van der Waals surface area contributed by atoms with Crippen molar-refractivity contribution in [3.63, 3.8) is 0 Å². The van der Waals surface area contributed by atoms with Crippen LogP contribution < -0.4 is 0 Å². The van der Waals surface area contributed by atoms with Crippen LogP contribution in [0.25, 0.3) is 11.4 Å². The van der Waals surface area contributed by atoms with Gasteiger partial charge in [0.25, 0.3) is 0 Å². The summed E-state index contributed by atoms with van der Waals surface area (Å²) in [4.78, 5) is 11.9. The van der Waals surface area contributed by atoms with Crippen LogP contribution in [0.5, 0.6) is 0 Å². The van der Waals surface area contributed by atoms with Gasteiger partial charge in [-0.05, 0) is 26.3 Å². The Morgan fingerprint density at radius 1 is 1.39 bits per heavy atom. The summed E-state index contributed by atoms with van der Waals surface area (Å²) in [6.07, 6.45) is 1.69. The number of hydrogen-bond donors (Lipinski definition) is 0. The van der Waals surface area contributed by atoms with Crippen molar-refractivity contribution in [2.24, 2.45) is 0 Å². The Labute approximate surface area is 140 Å². The molecule has 0 bridgehead atoms. The molecule has 2 heterocycles. The summed E-state index contributed by atoms with van der Waals surface area (Å²) >= 11 is 1.46. The van der Waals surface area contributed by atoms with Crippen molar-refractivity contribution in [1.29, 1.82) is 0 Å². The molecule has 1 saturated heterocycles. The molecule has 0 saturated carbocycles. The first-order chi connectivity index (χ1) is 11.1. The zero-order valence-electron chi connectivity index (χ0n) is 13.7. The van der Waals surface area contributed by atoms with Crippen molar-refractivity contribution in [1.82, 2.24) is 14.8 Å². The smallest absolute Gasteiger partial charge is 0.319 e. The molecule has 5 nitrogen and oxygen atoms in total. The van der Waals surface area contributed by atoms with Gasteiger partial charge in [-0.2, -0.15) is 0 Å². The van der Waals surface area contributed by atoms with Gasteiger partial charge in [0.2, 0.25) is 0 Å². The van der Waals surface area contributed by atoms with Gasteiger partial charge in [0, 0.05) is 18.5 Å². The Morgan fingerprint density at radius 3 is 2.87 bits per heavy atom. The summed E-state index contributed by atoms with van der Waals surface area (Å²) in [6, 6.07) is 8.24. The summed E-state index contributed by atoms with van der Waals surface area (Å²) < 4.78 is 7.34. The number of aryl methyl sites for hydroxylation is 1. The normalized spacial score (nSPS) is 20.7. The third-order valence-corrected chi connectivity index (χ3v) is 5.00. The standard InChI is InChI=1S/C17H21N3O2S/c1-4-8-20-15(13-7-5-6-11(2)9-13)18-19-17(20)23-14-10-12(3)22-16(14)21/h5-7,9,12,14H,4,8,10H2,1-3H3. The Hall–Kier alpha value is -1.82. The minimum Gasteiger partial charge on any atom is -0.462 e. The van der Waals surface area contributed by atoms with Crippen LogP contribution in [0.1, 0.15) is 32.3 Å². The van der Waals surface area contributed by atoms with Crippen LogP contribution in [0.4, 0.5) is 0 Å². The fourth-order valence-corrected chi connectivity index (χ4v) is 3.91. The number of nitrogens with zero attached hydrogens (tertiary/aromatic N) is 3. The van der Waals surface area contributed by atoms with Crippen molar-refractivity contribution in [3.8, 4) is 11.4 Å². The molecule has 1 aromatic carbocycles. The molecule has 122 valence electrons. The monoisotopic (exact) mass is 331 g/mol. The quantitative estimate of drug-likeness (QED) is 0.785. The van der Waals surface area contributed by atoms with Crippen molar-refractivity contribution >= 4 is 17.7 Å². The van der Waals surface area contributed by atoms with Gasteiger partial charge in [-0.3, -0.25) is 4.79 Å². The number of cyclic esters (lactones) is 1. The molecule has 2 aromatic rings. The van der Waals surface area contributed by atoms with Gasteiger partial charge in [-0.15, -0.1) is 10.2 Å². The van der Waals surface area contributed by atoms with Crippen LogP contribution in [0, 0.1) is 6.92 Å². The first-order valence-corrected chi connectivity index (χ1v) is 8.84. The highest BCUT2D eigenvalue weighted by Gasteiger charge is 2.34. The molecular formula is C17H21N3O2S. The highest BCUT2D eigenvalue weighted by atomic mass is 32.2. The maximum Gasteiger partial charge on any atom is 0.319 e. The Balaban J connectivity index is 1.91. The van der Waals surface area contributed by atoms with E-state index in [9.17, 15) is 4.79 Å². The second-order valence-electron chi connectivity index (χ2n) is 5.92. The average molecular weight is 331 g/mol. The zero-order valence-corrected chi connectivity index (χ0v) is 14.5. The Bertz CT molecular complexity index is 714. The molecule has 1 aromatic heterocycles. The minimum absolute atomic E-state index is 0.0150. The molecular weight excluding hydrogens is 310 g/mol. The SMILES string of the molecule is CCCn1c(SC2CC(C)OC2=O)nnc1-c1cccc(C)c1. The lowest BCUT2D eigenvalue weighted by atomic mass is 10.1. The van der Waals surface area contributed by atoms with E-state index in [2.05, 4.69) is 40.7 Å². The van der Waals surface area contributed by atoms with E-state index in [4.69, 9.17) is 4.74 Å². The third-order valence-electron chi connectivity index (χ3n) is 3.81. The Morgan fingerprint density at radius 2 is 2.22 bits per heavy atom. The van der Waals surface area contributed by atoms with Gasteiger partial charge in [0.1, 0.15) is 11.4 Å². The van der Waals surface area contributed by atoms with Crippen molar-refractivity contribution < 1.29 is 9.53 Å². The van der Waals surface area contributed by atoms with Gasteiger partial charge < -0.3 is 9.30 Å². The van der Waals surface area contributed by atoms with Crippen LogP contribution in [0.2, 0.25) is 0 Å². The molecule has 2 unspecified atom stereocenters. The van der Waals surface area contributed by atoms with Crippen LogP contribution >= 0.6 is 11.8 Å². The molecule has 3 rings (SSSR count). The highest BCUT2D eigenvalue weighted by molar-refractivity contribution is 8.00. The summed E-state index contributed by atoms with van der Waals surface area (Å²) in [6.45, 7) is 6.94. The summed E-state index contributed by atoms with van der Waals surface area (Å²) in [5.41, 5.74) is 2.25. The van der Waals surface area contributed by atoms with E-state index in [0.29, 0.717) is 0 Å². The van der Waals surface area contributed by atoms with E-state index in [1.165, 1.54) is 17.3 Å². The van der Waals surface area contributed by atoms with Crippen LogP contribution in [-0.4, -0.2) is 32.1 Å². The number of thioether (sulfide) groups is 1. The zero-order chi connectivity index (χ0) is 16.4. The van der Waals surface area contributed by atoms with Crippen molar-refractivity contribution in [2.75, 3.05) is 0 Å². The maximum atomic E-state index is 11.9. The van der Waals surface area contributed by atoms with Gasteiger partial charge in [0.05, 0.1) is 0 Å². The summed E-state index contributed by atoms with van der Waals surface area (Å²) in [5.74, 6) is 0.711. The van der Waals surface area contributed by atoms with E-state index >= 15 is 0 Å².